The van der Waals surface area contributed by atoms with Gasteiger partial charge in [-0.05, 0) is 25.3 Å². The van der Waals surface area contributed by atoms with Crippen LogP contribution in [0.5, 0.6) is 0 Å². The summed E-state index contributed by atoms with van der Waals surface area (Å²) in [7, 11) is 2.06. The van der Waals surface area contributed by atoms with Crippen molar-refractivity contribution >= 4 is 0 Å². The van der Waals surface area contributed by atoms with Crippen molar-refractivity contribution in [1.29, 1.82) is 0 Å². The standard InChI is InChI=1S/C17H38N2/c1-5-7-9-11-13-17(3,16(15-18)19-4)14-12-10-8-6-2/h16,19H,5-15,18H2,1-4H3. The van der Waals surface area contributed by atoms with E-state index in [1.807, 2.05) is 0 Å². The van der Waals surface area contributed by atoms with Crippen molar-refractivity contribution in [1.82, 2.24) is 5.32 Å². The Bertz CT molecular complexity index is 176. The Morgan fingerprint density at radius 3 is 1.68 bits per heavy atom. The summed E-state index contributed by atoms with van der Waals surface area (Å²) >= 11 is 0. The molecule has 0 saturated carbocycles. The average Bonchev–Trinajstić information content (AvgIpc) is 2.41. The fraction of sp³-hybridized carbons (Fsp3) is 1.00. The molecule has 0 aliphatic carbocycles. The molecule has 0 saturated heterocycles. The Labute approximate surface area is 121 Å². The van der Waals surface area contributed by atoms with E-state index in [2.05, 4.69) is 33.1 Å². The summed E-state index contributed by atoms with van der Waals surface area (Å²) in [5.41, 5.74) is 6.35. The smallest absolute Gasteiger partial charge is 0.0240 e. The van der Waals surface area contributed by atoms with Crippen LogP contribution in [0.4, 0.5) is 0 Å². The lowest BCUT2D eigenvalue weighted by atomic mass is 9.73. The highest BCUT2D eigenvalue weighted by Crippen LogP contribution is 2.34. The molecule has 3 N–H and O–H groups in total. The molecule has 0 aliphatic heterocycles. The molecular weight excluding hydrogens is 232 g/mol. The van der Waals surface area contributed by atoms with Crippen LogP contribution < -0.4 is 11.1 Å². The normalized spacial score (nSPS) is 13.7. The molecule has 0 spiro atoms. The van der Waals surface area contributed by atoms with Gasteiger partial charge >= 0.3 is 0 Å². The summed E-state index contributed by atoms with van der Waals surface area (Å²) < 4.78 is 0. The molecule has 0 aromatic heterocycles. The van der Waals surface area contributed by atoms with Crippen LogP contribution in [-0.2, 0) is 0 Å². The highest BCUT2D eigenvalue weighted by atomic mass is 14.9. The van der Waals surface area contributed by atoms with E-state index in [1.54, 1.807) is 0 Å². The zero-order valence-electron chi connectivity index (χ0n) is 13.9. The fourth-order valence-corrected chi connectivity index (χ4v) is 3.14. The Kier molecular flexibility index (Phi) is 11.7. The predicted molar refractivity (Wildman–Crippen MR) is 87.5 cm³/mol. The minimum Gasteiger partial charge on any atom is -0.329 e. The highest BCUT2D eigenvalue weighted by Gasteiger charge is 2.31. The molecule has 0 radical (unpaired) electrons. The van der Waals surface area contributed by atoms with Crippen LogP contribution in [0.15, 0.2) is 0 Å². The van der Waals surface area contributed by atoms with Crippen LogP contribution >= 0.6 is 0 Å². The molecule has 0 amide bonds. The lowest BCUT2D eigenvalue weighted by Crippen LogP contribution is -2.47. The van der Waals surface area contributed by atoms with Gasteiger partial charge in [-0.3, -0.25) is 0 Å². The number of unbranched alkanes of at least 4 members (excludes halogenated alkanes) is 6. The van der Waals surface area contributed by atoms with Gasteiger partial charge in [-0.1, -0.05) is 72.1 Å². The molecule has 0 aromatic rings. The monoisotopic (exact) mass is 270 g/mol. The summed E-state index contributed by atoms with van der Waals surface area (Å²) in [5, 5.41) is 3.45. The number of hydrogen-bond acceptors (Lipinski definition) is 2. The SMILES string of the molecule is CCCCCCC(C)(CCCCCC)C(CN)NC. The van der Waals surface area contributed by atoms with E-state index in [0.29, 0.717) is 11.5 Å². The second-order valence-electron chi connectivity index (χ2n) is 6.35. The minimum atomic E-state index is 0.380. The van der Waals surface area contributed by atoms with E-state index in [0.717, 1.165) is 6.54 Å². The van der Waals surface area contributed by atoms with E-state index in [9.17, 15) is 0 Å². The van der Waals surface area contributed by atoms with Gasteiger partial charge in [-0.15, -0.1) is 0 Å². The van der Waals surface area contributed by atoms with Crippen molar-refractivity contribution < 1.29 is 0 Å². The van der Waals surface area contributed by atoms with Crippen molar-refractivity contribution in [3.05, 3.63) is 0 Å². The maximum atomic E-state index is 5.97. The maximum Gasteiger partial charge on any atom is 0.0240 e. The predicted octanol–water partition coefficient (Wildman–Crippen LogP) is 4.48. The number of hydrogen-bond donors (Lipinski definition) is 2. The lowest BCUT2D eigenvalue weighted by molar-refractivity contribution is 0.179. The third-order valence-electron chi connectivity index (χ3n) is 4.63. The average molecular weight is 271 g/mol. The molecular formula is C17H38N2. The minimum absolute atomic E-state index is 0.380. The second-order valence-corrected chi connectivity index (χ2v) is 6.35. The topological polar surface area (TPSA) is 38.0 Å². The van der Waals surface area contributed by atoms with Gasteiger partial charge in [0.2, 0.25) is 0 Å². The first kappa shape index (κ1) is 18.9. The Morgan fingerprint density at radius 2 is 1.37 bits per heavy atom. The molecule has 0 aromatic carbocycles. The summed E-state index contributed by atoms with van der Waals surface area (Å²) in [6.45, 7) is 7.76. The number of likely N-dealkylation sites (N-methyl/N-ethyl adjacent to an activating group) is 1. The largest absolute Gasteiger partial charge is 0.329 e. The highest BCUT2D eigenvalue weighted by molar-refractivity contribution is 4.87. The Hall–Kier alpha value is -0.0800. The van der Waals surface area contributed by atoms with Crippen LogP contribution in [-0.4, -0.2) is 19.6 Å². The number of nitrogens with two attached hydrogens (primary N) is 1. The van der Waals surface area contributed by atoms with Gasteiger partial charge in [0.1, 0.15) is 0 Å². The van der Waals surface area contributed by atoms with Gasteiger partial charge in [0.25, 0.3) is 0 Å². The van der Waals surface area contributed by atoms with Gasteiger partial charge in [0.05, 0.1) is 0 Å². The summed E-state index contributed by atoms with van der Waals surface area (Å²) in [5.74, 6) is 0. The zero-order valence-corrected chi connectivity index (χ0v) is 13.9. The fourth-order valence-electron chi connectivity index (χ4n) is 3.14. The Morgan fingerprint density at radius 1 is 0.895 bits per heavy atom. The Balaban J connectivity index is 4.26. The van der Waals surface area contributed by atoms with E-state index in [1.165, 1.54) is 64.2 Å². The molecule has 116 valence electrons. The molecule has 0 rings (SSSR count). The van der Waals surface area contributed by atoms with Crippen molar-refractivity contribution in [3.63, 3.8) is 0 Å². The maximum absolute atomic E-state index is 5.97. The van der Waals surface area contributed by atoms with Crippen molar-refractivity contribution in [2.75, 3.05) is 13.6 Å². The number of rotatable bonds is 13. The van der Waals surface area contributed by atoms with Crippen LogP contribution in [0.2, 0.25) is 0 Å². The van der Waals surface area contributed by atoms with E-state index in [-0.39, 0.29) is 0 Å². The molecule has 0 aliphatic rings. The van der Waals surface area contributed by atoms with E-state index < -0.39 is 0 Å². The van der Waals surface area contributed by atoms with Crippen molar-refractivity contribution in [3.8, 4) is 0 Å². The van der Waals surface area contributed by atoms with Gasteiger partial charge in [-0.25, -0.2) is 0 Å². The van der Waals surface area contributed by atoms with E-state index >= 15 is 0 Å². The molecule has 0 heterocycles. The van der Waals surface area contributed by atoms with Gasteiger partial charge in [0.15, 0.2) is 0 Å². The third kappa shape index (κ3) is 7.94. The summed E-state index contributed by atoms with van der Waals surface area (Å²) in [6.07, 6.45) is 13.5. The molecule has 1 unspecified atom stereocenters. The van der Waals surface area contributed by atoms with Gasteiger partial charge in [-0.2, -0.15) is 0 Å². The van der Waals surface area contributed by atoms with Crippen LogP contribution in [0, 0.1) is 5.41 Å². The van der Waals surface area contributed by atoms with Crippen molar-refractivity contribution in [2.24, 2.45) is 11.1 Å². The molecule has 0 bridgehead atoms. The summed E-state index contributed by atoms with van der Waals surface area (Å²) in [4.78, 5) is 0. The quantitative estimate of drug-likeness (QED) is 0.484. The first-order valence-corrected chi connectivity index (χ1v) is 8.52. The molecule has 2 nitrogen and oxygen atoms in total. The summed E-state index contributed by atoms with van der Waals surface area (Å²) in [6, 6.07) is 0.468. The van der Waals surface area contributed by atoms with Crippen molar-refractivity contribution in [2.45, 2.75) is 91.0 Å². The van der Waals surface area contributed by atoms with Crippen LogP contribution in [0.1, 0.15) is 85.0 Å². The molecule has 0 fully saturated rings. The molecule has 19 heavy (non-hydrogen) atoms. The lowest BCUT2D eigenvalue weighted by Gasteiger charge is -2.37. The zero-order chi connectivity index (χ0) is 14.6. The van der Waals surface area contributed by atoms with Gasteiger partial charge < -0.3 is 11.1 Å². The second kappa shape index (κ2) is 11.7. The molecule has 2 heteroatoms. The van der Waals surface area contributed by atoms with Crippen LogP contribution in [0.25, 0.3) is 0 Å². The molecule has 1 atom stereocenters. The van der Waals surface area contributed by atoms with Crippen LogP contribution in [0.3, 0.4) is 0 Å². The first-order valence-electron chi connectivity index (χ1n) is 8.52. The third-order valence-corrected chi connectivity index (χ3v) is 4.63. The van der Waals surface area contributed by atoms with Gasteiger partial charge in [0, 0.05) is 12.6 Å². The first-order chi connectivity index (χ1) is 9.14. The van der Waals surface area contributed by atoms with E-state index in [4.69, 9.17) is 5.73 Å². The number of nitrogens with one attached hydrogen (secondary N) is 1.